The molecule has 1 heterocycles. The lowest BCUT2D eigenvalue weighted by molar-refractivity contribution is 0.254. The molecule has 0 aliphatic carbocycles. The van der Waals surface area contributed by atoms with E-state index in [0.717, 1.165) is 16.9 Å². The van der Waals surface area contributed by atoms with Crippen molar-refractivity contribution in [2.45, 2.75) is 39.3 Å². The first-order valence-electron chi connectivity index (χ1n) is 9.81. The Kier molecular flexibility index (Phi) is 4.87. The summed E-state index contributed by atoms with van der Waals surface area (Å²) >= 11 is 6.11. The van der Waals surface area contributed by atoms with E-state index in [1.807, 2.05) is 58.3 Å². The first kappa shape index (κ1) is 19.5. The number of urea groups is 1. The SMILES string of the molecule is Cc1ccc(N2C(=O)N(c3ccc(Cl)cc3)[C@@H](c3cccc(C)c3)C2(C)C)cc1. The fourth-order valence-corrected chi connectivity index (χ4v) is 4.42. The number of carbonyl (C=O) groups excluding carboxylic acids is 1. The summed E-state index contributed by atoms with van der Waals surface area (Å²) in [4.78, 5) is 17.6. The maximum absolute atomic E-state index is 13.8. The Labute approximate surface area is 177 Å². The van der Waals surface area contributed by atoms with Crippen LogP contribution in [0.1, 0.15) is 36.6 Å². The lowest BCUT2D eigenvalue weighted by atomic mass is 9.87. The van der Waals surface area contributed by atoms with Crippen LogP contribution in [0.4, 0.5) is 16.2 Å². The lowest BCUT2D eigenvalue weighted by Crippen LogP contribution is -2.43. The standard InChI is InChI=1S/C25H25ClN2O/c1-17-8-12-22(13-9-17)28-24(29)27(21-14-10-20(26)11-15-21)23(25(28,3)4)19-7-5-6-18(2)16-19/h5-16,23H,1-4H3/t23-/m0/s1. The molecule has 1 fully saturated rings. The van der Waals surface area contributed by atoms with Crippen LogP contribution in [0.15, 0.2) is 72.8 Å². The molecule has 0 aromatic heterocycles. The number of benzene rings is 3. The van der Waals surface area contributed by atoms with Gasteiger partial charge in [-0.05, 0) is 69.7 Å². The van der Waals surface area contributed by atoms with E-state index in [2.05, 4.69) is 52.0 Å². The number of hydrogen-bond acceptors (Lipinski definition) is 1. The molecule has 1 aliphatic heterocycles. The summed E-state index contributed by atoms with van der Waals surface area (Å²) in [5.41, 5.74) is 4.75. The maximum Gasteiger partial charge on any atom is 0.330 e. The van der Waals surface area contributed by atoms with Crippen LogP contribution in [0.5, 0.6) is 0 Å². The number of rotatable bonds is 3. The van der Waals surface area contributed by atoms with Crippen LogP contribution in [0.25, 0.3) is 0 Å². The van der Waals surface area contributed by atoms with Gasteiger partial charge >= 0.3 is 6.03 Å². The smallest absolute Gasteiger partial charge is 0.286 e. The summed E-state index contributed by atoms with van der Waals surface area (Å²) in [6.45, 7) is 8.40. The van der Waals surface area contributed by atoms with E-state index in [1.54, 1.807) is 0 Å². The minimum atomic E-state index is -0.459. The Morgan fingerprint density at radius 3 is 2.07 bits per heavy atom. The Balaban J connectivity index is 1.90. The van der Waals surface area contributed by atoms with Gasteiger partial charge in [0.25, 0.3) is 0 Å². The molecule has 1 aliphatic rings. The van der Waals surface area contributed by atoms with Crippen molar-refractivity contribution in [1.29, 1.82) is 0 Å². The van der Waals surface area contributed by atoms with Crippen molar-refractivity contribution in [3.8, 4) is 0 Å². The second kappa shape index (κ2) is 7.23. The van der Waals surface area contributed by atoms with Crippen LogP contribution >= 0.6 is 11.6 Å². The highest BCUT2D eigenvalue weighted by Crippen LogP contribution is 2.47. The summed E-state index contributed by atoms with van der Waals surface area (Å²) in [6.07, 6.45) is 0. The molecular weight excluding hydrogens is 380 g/mol. The van der Waals surface area contributed by atoms with Gasteiger partial charge in [-0.25, -0.2) is 4.79 Å². The van der Waals surface area contributed by atoms with E-state index in [-0.39, 0.29) is 12.1 Å². The summed E-state index contributed by atoms with van der Waals surface area (Å²) in [7, 11) is 0. The molecule has 0 N–H and O–H groups in total. The number of aryl methyl sites for hydroxylation is 2. The molecule has 0 bridgehead atoms. The van der Waals surface area contributed by atoms with Gasteiger partial charge in [0, 0.05) is 16.4 Å². The predicted octanol–water partition coefficient (Wildman–Crippen LogP) is 6.92. The molecule has 0 radical (unpaired) electrons. The Bertz CT molecular complexity index is 1040. The Morgan fingerprint density at radius 2 is 1.45 bits per heavy atom. The number of carbonyl (C=O) groups is 1. The van der Waals surface area contributed by atoms with Crippen LogP contribution in [0.3, 0.4) is 0 Å². The summed E-state index contributed by atoms with van der Waals surface area (Å²) in [5, 5.41) is 0.655. The first-order chi connectivity index (χ1) is 13.8. The number of amides is 2. The molecule has 0 saturated carbocycles. The van der Waals surface area contributed by atoms with E-state index < -0.39 is 5.54 Å². The van der Waals surface area contributed by atoms with Crippen LogP contribution in [0.2, 0.25) is 5.02 Å². The van der Waals surface area contributed by atoms with Crippen LogP contribution in [0, 0.1) is 13.8 Å². The number of halogens is 1. The van der Waals surface area contributed by atoms with Gasteiger partial charge in [0.05, 0.1) is 11.6 Å². The molecule has 29 heavy (non-hydrogen) atoms. The quantitative estimate of drug-likeness (QED) is 0.464. The van der Waals surface area contributed by atoms with E-state index in [0.29, 0.717) is 5.02 Å². The molecule has 2 amide bonds. The van der Waals surface area contributed by atoms with E-state index in [4.69, 9.17) is 11.6 Å². The minimum Gasteiger partial charge on any atom is -0.286 e. The van der Waals surface area contributed by atoms with Crippen LogP contribution in [-0.4, -0.2) is 11.6 Å². The van der Waals surface area contributed by atoms with E-state index in [1.165, 1.54) is 11.1 Å². The third kappa shape index (κ3) is 3.40. The van der Waals surface area contributed by atoms with Crippen LogP contribution < -0.4 is 9.80 Å². The van der Waals surface area contributed by atoms with Gasteiger partial charge in [-0.2, -0.15) is 0 Å². The van der Waals surface area contributed by atoms with Gasteiger partial charge in [0.15, 0.2) is 0 Å². The Morgan fingerprint density at radius 1 is 0.828 bits per heavy atom. The molecule has 3 nitrogen and oxygen atoms in total. The molecule has 3 aromatic rings. The number of hydrogen-bond donors (Lipinski definition) is 0. The first-order valence-corrected chi connectivity index (χ1v) is 10.2. The van der Waals surface area contributed by atoms with Gasteiger partial charge in [-0.15, -0.1) is 0 Å². The third-order valence-corrected chi connectivity index (χ3v) is 5.91. The zero-order chi connectivity index (χ0) is 20.8. The zero-order valence-corrected chi connectivity index (χ0v) is 17.9. The average Bonchev–Trinajstić information content (AvgIpc) is 2.89. The number of anilines is 2. The van der Waals surface area contributed by atoms with E-state index in [9.17, 15) is 4.79 Å². The summed E-state index contributed by atoms with van der Waals surface area (Å²) in [6, 6.07) is 23.9. The van der Waals surface area contributed by atoms with Gasteiger partial charge in [0.1, 0.15) is 0 Å². The van der Waals surface area contributed by atoms with Gasteiger partial charge in [-0.3, -0.25) is 9.80 Å². The number of nitrogens with zero attached hydrogens (tertiary/aromatic N) is 2. The minimum absolute atomic E-state index is 0.0346. The molecule has 4 rings (SSSR count). The maximum atomic E-state index is 13.8. The van der Waals surface area contributed by atoms with Crippen LogP contribution in [-0.2, 0) is 0 Å². The lowest BCUT2D eigenvalue weighted by Gasteiger charge is -2.35. The van der Waals surface area contributed by atoms with Gasteiger partial charge in [0.2, 0.25) is 0 Å². The highest BCUT2D eigenvalue weighted by atomic mass is 35.5. The average molecular weight is 405 g/mol. The summed E-state index contributed by atoms with van der Waals surface area (Å²) in [5.74, 6) is 0. The van der Waals surface area contributed by atoms with Crippen molar-refractivity contribution in [3.63, 3.8) is 0 Å². The fraction of sp³-hybridized carbons (Fsp3) is 0.240. The monoisotopic (exact) mass is 404 g/mol. The second-order valence-corrected chi connectivity index (χ2v) is 8.71. The topological polar surface area (TPSA) is 23.6 Å². The fourth-order valence-electron chi connectivity index (χ4n) is 4.30. The normalized spacial score (nSPS) is 18.4. The predicted molar refractivity (Wildman–Crippen MR) is 121 cm³/mol. The molecular formula is C25H25ClN2O. The molecule has 0 unspecified atom stereocenters. The molecule has 148 valence electrons. The van der Waals surface area contributed by atoms with E-state index >= 15 is 0 Å². The third-order valence-electron chi connectivity index (χ3n) is 5.66. The molecule has 4 heteroatoms. The highest BCUT2D eigenvalue weighted by Gasteiger charge is 2.53. The van der Waals surface area contributed by atoms with Crippen molar-refractivity contribution in [2.75, 3.05) is 9.80 Å². The molecule has 1 atom stereocenters. The molecule has 0 spiro atoms. The van der Waals surface area contributed by atoms with Crippen molar-refractivity contribution in [1.82, 2.24) is 0 Å². The van der Waals surface area contributed by atoms with Gasteiger partial charge in [-0.1, -0.05) is 59.1 Å². The molecule has 1 saturated heterocycles. The highest BCUT2D eigenvalue weighted by molar-refractivity contribution is 6.30. The largest absolute Gasteiger partial charge is 0.330 e. The Hall–Kier alpha value is -2.78. The molecule has 3 aromatic carbocycles. The van der Waals surface area contributed by atoms with Crippen molar-refractivity contribution in [3.05, 3.63) is 94.5 Å². The van der Waals surface area contributed by atoms with Crippen molar-refractivity contribution < 1.29 is 4.79 Å². The zero-order valence-electron chi connectivity index (χ0n) is 17.2. The second-order valence-electron chi connectivity index (χ2n) is 8.27. The van der Waals surface area contributed by atoms with Crippen molar-refractivity contribution >= 4 is 29.0 Å². The summed E-state index contributed by atoms with van der Waals surface area (Å²) < 4.78 is 0. The van der Waals surface area contributed by atoms with Crippen molar-refractivity contribution in [2.24, 2.45) is 0 Å². The van der Waals surface area contributed by atoms with Gasteiger partial charge < -0.3 is 0 Å².